The molecule has 0 bridgehead atoms. The molecule has 9 nitrogen and oxygen atoms in total. The van der Waals surface area contributed by atoms with Crippen molar-refractivity contribution < 1.29 is 33.8 Å². The maximum atomic E-state index is 12.8. The van der Waals surface area contributed by atoms with Gasteiger partial charge in [-0.05, 0) is 30.9 Å². The molecule has 0 aromatic heterocycles. The summed E-state index contributed by atoms with van der Waals surface area (Å²) in [7, 11) is 0. The molecular formula is C24H28N2O7. The van der Waals surface area contributed by atoms with Crippen LogP contribution in [0.2, 0.25) is 0 Å². The Hall–Kier alpha value is -3.88. The molecule has 0 unspecified atom stereocenters. The van der Waals surface area contributed by atoms with Crippen molar-refractivity contribution in [2.24, 2.45) is 0 Å². The average molecular weight is 456 g/mol. The molecule has 0 aliphatic carbocycles. The lowest BCUT2D eigenvalue weighted by atomic mass is 10.0. The molecule has 2 atom stereocenters. The summed E-state index contributed by atoms with van der Waals surface area (Å²) in [6.07, 6.45) is -0.897. The van der Waals surface area contributed by atoms with Crippen LogP contribution in [0.15, 0.2) is 60.7 Å². The first kappa shape index (κ1) is 25.4. The van der Waals surface area contributed by atoms with E-state index in [9.17, 15) is 19.2 Å². The Kier molecular flexibility index (Phi) is 10.4. The molecule has 0 saturated carbocycles. The maximum Gasteiger partial charge on any atom is 0.408 e. The van der Waals surface area contributed by atoms with E-state index in [1.54, 1.807) is 31.2 Å². The van der Waals surface area contributed by atoms with Crippen molar-refractivity contribution in [2.45, 2.75) is 44.9 Å². The van der Waals surface area contributed by atoms with Crippen LogP contribution >= 0.6 is 0 Å². The van der Waals surface area contributed by atoms with Crippen molar-refractivity contribution in [3.63, 3.8) is 0 Å². The predicted octanol–water partition coefficient (Wildman–Crippen LogP) is 2.44. The monoisotopic (exact) mass is 456 g/mol. The molecule has 0 fully saturated rings. The van der Waals surface area contributed by atoms with E-state index < -0.39 is 42.4 Å². The van der Waals surface area contributed by atoms with Gasteiger partial charge in [-0.25, -0.2) is 9.59 Å². The van der Waals surface area contributed by atoms with Crippen molar-refractivity contribution in [3.8, 4) is 0 Å². The molecule has 0 heterocycles. The number of benzene rings is 2. The van der Waals surface area contributed by atoms with Crippen LogP contribution in [-0.4, -0.2) is 47.7 Å². The normalized spacial score (nSPS) is 12.2. The molecule has 0 radical (unpaired) electrons. The fourth-order valence-electron chi connectivity index (χ4n) is 3.01. The summed E-state index contributed by atoms with van der Waals surface area (Å²) in [5, 5.41) is 13.9. The van der Waals surface area contributed by atoms with Crippen LogP contribution in [-0.2, 0) is 36.9 Å². The lowest BCUT2D eigenvalue weighted by Crippen LogP contribution is -2.52. The number of carboxylic acids is 1. The minimum absolute atomic E-state index is 0.0450. The fraction of sp³-hybridized carbons (Fsp3) is 0.333. The van der Waals surface area contributed by atoms with Crippen LogP contribution in [0.4, 0.5) is 4.79 Å². The summed E-state index contributed by atoms with van der Waals surface area (Å²) in [5.74, 6) is -2.75. The number of hydrogen-bond acceptors (Lipinski definition) is 6. The Labute approximate surface area is 192 Å². The van der Waals surface area contributed by atoms with Gasteiger partial charge in [-0.1, -0.05) is 60.7 Å². The highest BCUT2D eigenvalue weighted by molar-refractivity contribution is 5.92. The number of aryl methyl sites for hydroxylation is 1. The third-order valence-electron chi connectivity index (χ3n) is 4.65. The van der Waals surface area contributed by atoms with Gasteiger partial charge in [-0.2, -0.15) is 0 Å². The van der Waals surface area contributed by atoms with Crippen LogP contribution in [0.25, 0.3) is 0 Å². The number of carboxylic acid groups (broad SMARTS) is 1. The molecule has 2 aromatic rings. The number of aliphatic carboxylic acids is 1. The molecule has 0 aliphatic rings. The first-order valence-electron chi connectivity index (χ1n) is 10.6. The molecule has 2 aromatic carbocycles. The standard InChI is InChI=1S/C24H28N2O7/c1-2-32-23(30)19(14-13-17-9-5-3-6-10-17)25-22(29)20(15-21(27)28)26-24(31)33-16-18-11-7-4-8-12-18/h3-12,19-20H,2,13-16H2,1H3,(H,25,29)(H,26,31)(H,27,28)/t19-,20-/m0/s1. The second-order valence-corrected chi connectivity index (χ2v) is 7.19. The van der Waals surface area contributed by atoms with Gasteiger partial charge in [0.15, 0.2) is 0 Å². The third-order valence-corrected chi connectivity index (χ3v) is 4.65. The molecule has 0 saturated heterocycles. The molecule has 176 valence electrons. The molecule has 0 aliphatic heterocycles. The number of esters is 1. The van der Waals surface area contributed by atoms with Crippen molar-refractivity contribution in [3.05, 3.63) is 71.8 Å². The fourth-order valence-corrected chi connectivity index (χ4v) is 3.01. The summed E-state index contributed by atoms with van der Waals surface area (Å²) < 4.78 is 10.1. The second kappa shape index (κ2) is 13.5. The number of amides is 2. The van der Waals surface area contributed by atoms with Crippen LogP contribution < -0.4 is 10.6 Å². The molecular weight excluding hydrogens is 428 g/mol. The van der Waals surface area contributed by atoms with E-state index >= 15 is 0 Å². The van der Waals surface area contributed by atoms with Crippen LogP contribution in [0.3, 0.4) is 0 Å². The van der Waals surface area contributed by atoms with Gasteiger partial charge in [-0.15, -0.1) is 0 Å². The highest BCUT2D eigenvalue weighted by Crippen LogP contribution is 2.08. The summed E-state index contributed by atoms with van der Waals surface area (Å²) in [4.78, 5) is 48.5. The van der Waals surface area contributed by atoms with E-state index in [4.69, 9.17) is 14.6 Å². The molecule has 3 N–H and O–H groups in total. The van der Waals surface area contributed by atoms with Gasteiger partial charge in [0.05, 0.1) is 13.0 Å². The Morgan fingerprint density at radius 1 is 0.848 bits per heavy atom. The third kappa shape index (κ3) is 9.42. The number of ether oxygens (including phenoxy) is 2. The minimum Gasteiger partial charge on any atom is -0.481 e. The van der Waals surface area contributed by atoms with Gasteiger partial charge in [0.25, 0.3) is 0 Å². The van der Waals surface area contributed by atoms with Gasteiger partial charge in [0.1, 0.15) is 18.7 Å². The summed E-state index contributed by atoms with van der Waals surface area (Å²) in [6, 6.07) is 15.8. The van der Waals surface area contributed by atoms with Crippen LogP contribution in [0.5, 0.6) is 0 Å². The van der Waals surface area contributed by atoms with E-state index in [0.29, 0.717) is 6.42 Å². The quantitative estimate of drug-likeness (QED) is 0.418. The van der Waals surface area contributed by atoms with E-state index in [1.807, 2.05) is 36.4 Å². The number of nitrogens with one attached hydrogen (secondary N) is 2. The largest absolute Gasteiger partial charge is 0.481 e. The van der Waals surface area contributed by atoms with E-state index in [-0.39, 0.29) is 19.6 Å². The first-order chi connectivity index (χ1) is 15.9. The highest BCUT2D eigenvalue weighted by atomic mass is 16.5. The second-order valence-electron chi connectivity index (χ2n) is 7.19. The zero-order valence-electron chi connectivity index (χ0n) is 18.4. The van der Waals surface area contributed by atoms with E-state index in [1.165, 1.54) is 0 Å². The maximum absolute atomic E-state index is 12.8. The Bertz CT molecular complexity index is 919. The molecule has 2 rings (SSSR count). The number of rotatable bonds is 12. The van der Waals surface area contributed by atoms with Crippen molar-refractivity contribution in [1.29, 1.82) is 0 Å². The average Bonchev–Trinajstić information content (AvgIpc) is 2.81. The lowest BCUT2D eigenvalue weighted by Gasteiger charge is -2.21. The van der Waals surface area contributed by atoms with Gasteiger partial charge < -0.3 is 25.2 Å². The minimum atomic E-state index is -1.43. The summed E-state index contributed by atoms with van der Waals surface area (Å²) in [5.41, 5.74) is 1.70. The Balaban J connectivity index is 2.01. The lowest BCUT2D eigenvalue weighted by molar-refractivity contribution is -0.148. The molecule has 33 heavy (non-hydrogen) atoms. The van der Waals surface area contributed by atoms with Crippen molar-refractivity contribution in [2.75, 3.05) is 6.61 Å². The number of carbonyl (C=O) groups excluding carboxylic acids is 3. The zero-order valence-corrected chi connectivity index (χ0v) is 18.4. The van der Waals surface area contributed by atoms with Crippen LogP contribution in [0.1, 0.15) is 30.9 Å². The SMILES string of the molecule is CCOC(=O)[C@H](CCc1ccccc1)NC(=O)[C@H](CC(=O)O)NC(=O)OCc1ccccc1. The zero-order chi connectivity index (χ0) is 24.1. The topological polar surface area (TPSA) is 131 Å². The Morgan fingerprint density at radius 3 is 2.03 bits per heavy atom. The van der Waals surface area contributed by atoms with Crippen LogP contribution in [0, 0.1) is 0 Å². The summed E-state index contributed by atoms with van der Waals surface area (Å²) in [6.45, 7) is 1.72. The predicted molar refractivity (Wildman–Crippen MR) is 119 cm³/mol. The molecule has 2 amide bonds. The van der Waals surface area contributed by atoms with Gasteiger partial charge in [-0.3, -0.25) is 9.59 Å². The summed E-state index contributed by atoms with van der Waals surface area (Å²) >= 11 is 0. The number of alkyl carbamates (subject to hydrolysis) is 1. The van der Waals surface area contributed by atoms with Crippen molar-refractivity contribution >= 4 is 23.9 Å². The van der Waals surface area contributed by atoms with Gasteiger partial charge >= 0.3 is 18.0 Å². The van der Waals surface area contributed by atoms with E-state index in [0.717, 1.165) is 11.1 Å². The first-order valence-corrected chi connectivity index (χ1v) is 10.6. The smallest absolute Gasteiger partial charge is 0.408 e. The van der Waals surface area contributed by atoms with Gasteiger partial charge in [0.2, 0.25) is 5.91 Å². The molecule has 0 spiro atoms. The molecule has 9 heteroatoms. The number of carbonyl (C=O) groups is 4. The Morgan fingerprint density at radius 2 is 1.45 bits per heavy atom. The van der Waals surface area contributed by atoms with Crippen molar-refractivity contribution in [1.82, 2.24) is 10.6 Å². The van der Waals surface area contributed by atoms with E-state index in [2.05, 4.69) is 10.6 Å². The number of hydrogen-bond donors (Lipinski definition) is 3. The highest BCUT2D eigenvalue weighted by Gasteiger charge is 2.29. The van der Waals surface area contributed by atoms with Gasteiger partial charge in [0, 0.05) is 0 Å².